The molecule has 0 aliphatic carbocycles. The molecular weight excluding hydrogens is 286 g/mol. The van der Waals surface area contributed by atoms with Crippen LogP contribution in [0, 0.1) is 24.0 Å². The highest BCUT2D eigenvalue weighted by Gasteiger charge is 2.09. The van der Waals surface area contributed by atoms with Crippen molar-refractivity contribution in [3.8, 4) is 11.5 Å². The summed E-state index contributed by atoms with van der Waals surface area (Å²) in [6.07, 6.45) is 0. The Morgan fingerprint density at radius 2 is 1.64 bits per heavy atom. The monoisotopic (exact) mass is 301 g/mol. The van der Waals surface area contributed by atoms with Gasteiger partial charge in [-0.05, 0) is 49.2 Å². The molecule has 22 heavy (non-hydrogen) atoms. The molecule has 6 heteroatoms. The molecule has 114 valence electrons. The summed E-state index contributed by atoms with van der Waals surface area (Å²) in [4.78, 5) is 21.8. The molecule has 0 spiro atoms. The van der Waals surface area contributed by atoms with E-state index in [0.29, 0.717) is 11.5 Å². The van der Waals surface area contributed by atoms with E-state index in [1.165, 1.54) is 24.3 Å². The molecule has 0 unspecified atom stereocenters. The molecule has 0 amide bonds. The topological polar surface area (TPSA) is 78.7 Å². The fourth-order valence-corrected chi connectivity index (χ4v) is 1.96. The number of hydrogen-bond acceptors (Lipinski definition) is 5. The van der Waals surface area contributed by atoms with Gasteiger partial charge in [-0.1, -0.05) is 6.07 Å². The lowest BCUT2D eigenvalue weighted by atomic mass is 10.1. The van der Waals surface area contributed by atoms with Gasteiger partial charge < -0.3 is 9.47 Å². The van der Waals surface area contributed by atoms with Crippen LogP contribution < -0.4 is 9.47 Å². The van der Waals surface area contributed by atoms with Crippen molar-refractivity contribution >= 4 is 11.7 Å². The number of aryl methyl sites for hydroxylation is 2. The first-order valence-corrected chi connectivity index (χ1v) is 6.60. The number of nitro benzene ring substituents is 1. The first-order valence-electron chi connectivity index (χ1n) is 6.60. The van der Waals surface area contributed by atoms with E-state index in [9.17, 15) is 14.9 Å². The lowest BCUT2D eigenvalue weighted by Crippen LogP contribution is -2.17. The summed E-state index contributed by atoms with van der Waals surface area (Å²) in [5.41, 5.74) is 1.96. The zero-order valence-electron chi connectivity index (χ0n) is 12.2. The van der Waals surface area contributed by atoms with Gasteiger partial charge in [0, 0.05) is 12.1 Å². The number of carbonyl (C=O) groups is 1. The quantitative estimate of drug-likeness (QED) is 0.367. The van der Waals surface area contributed by atoms with Crippen molar-refractivity contribution in [1.29, 1.82) is 0 Å². The number of hydrogen-bond donors (Lipinski definition) is 0. The van der Waals surface area contributed by atoms with Crippen molar-refractivity contribution in [3.05, 3.63) is 63.7 Å². The Hall–Kier alpha value is -2.89. The van der Waals surface area contributed by atoms with E-state index in [1.54, 1.807) is 12.1 Å². The molecule has 0 saturated carbocycles. The number of rotatable bonds is 5. The first-order chi connectivity index (χ1) is 10.4. The number of nitrogens with zero attached hydrogens (tertiary/aromatic N) is 1. The van der Waals surface area contributed by atoms with Gasteiger partial charge in [-0.15, -0.1) is 0 Å². The molecule has 0 aliphatic heterocycles. The number of nitro groups is 1. The summed E-state index contributed by atoms with van der Waals surface area (Å²) in [7, 11) is 0. The molecular formula is C16H15NO5. The van der Waals surface area contributed by atoms with Crippen molar-refractivity contribution < 1.29 is 19.2 Å². The Bertz CT molecular complexity index is 674. The minimum absolute atomic E-state index is 0.0369. The molecule has 0 heterocycles. The van der Waals surface area contributed by atoms with Crippen LogP contribution in [-0.2, 0) is 4.79 Å². The number of carbonyl (C=O) groups excluding carboxylic acids is 1. The predicted molar refractivity (Wildman–Crippen MR) is 80.1 cm³/mol. The SMILES string of the molecule is Cc1cc(C)cc(OC(=O)COc2ccc([N+](=O)[O-])cc2)c1. The van der Waals surface area contributed by atoms with Gasteiger partial charge >= 0.3 is 5.97 Å². The highest BCUT2D eigenvalue weighted by Crippen LogP contribution is 2.18. The van der Waals surface area contributed by atoms with Crippen molar-refractivity contribution in [2.75, 3.05) is 6.61 Å². The smallest absolute Gasteiger partial charge is 0.349 e. The van der Waals surface area contributed by atoms with E-state index >= 15 is 0 Å². The summed E-state index contributed by atoms with van der Waals surface area (Å²) in [6, 6.07) is 11.0. The minimum atomic E-state index is -0.539. The molecule has 0 aromatic heterocycles. The van der Waals surface area contributed by atoms with Crippen LogP contribution in [0.15, 0.2) is 42.5 Å². The van der Waals surface area contributed by atoms with Gasteiger partial charge in [0.15, 0.2) is 6.61 Å². The second-order valence-corrected chi connectivity index (χ2v) is 4.84. The maximum atomic E-state index is 11.7. The molecule has 2 aromatic rings. The number of esters is 1. The van der Waals surface area contributed by atoms with Crippen LogP contribution >= 0.6 is 0 Å². The maximum absolute atomic E-state index is 11.7. The van der Waals surface area contributed by atoms with E-state index in [2.05, 4.69) is 0 Å². The number of benzene rings is 2. The Morgan fingerprint density at radius 3 is 2.18 bits per heavy atom. The largest absolute Gasteiger partial charge is 0.482 e. The van der Waals surface area contributed by atoms with Crippen LogP contribution in [0.4, 0.5) is 5.69 Å². The fraction of sp³-hybridized carbons (Fsp3) is 0.188. The van der Waals surface area contributed by atoms with Gasteiger partial charge in [-0.25, -0.2) is 4.79 Å². The lowest BCUT2D eigenvalue weighted by Gasteiger charge is -2.08. The van der Waals surface area contributed by atoms with Crippen molar-refractivity contribution in [3.63, 3.8) is 0 Å². The van der Waals surface area contributed by atoms with Crippen LogP contribution in [0.3, 0.4) is 0 Å². The second-order valence-electron chi connectivity index (χ2n) is 4.84. The van der Waals surface area contributed by atoms with Crippen LogP contribution in [0.25, 0.3) is 0 Å². The minimum Gasteiger partial charge on any atom is -0.482 e. The van der Waals surface area contributed by atoms with E-state index in [-0.39, 0.29) is 12.3 Å². The molecule has 0 atom stereocenters. The summed E-state index contributed by atoms with van der Waals surface area (Å²) in [6.45, 7) is 3.56. The average molecular weight is 301 g/mol. The van der Waals surface area contributed by atoms with E-state index < -0.39 is 10.9 Å². The third-order valence-corrected chi connectivity index (χ3v) is 2.83. The molecule has 0 fully saturated rings. The van der Waals surface area contributed by atoms with E-state index in [1.807, 2.05) is 19.9 Å². The molecule has 6 nitrogen and oxygen atoms in total. The molecule has 0 bridgehead atoms. The third kappa shape index (κ3) is 4.31. The Kier molecular flexibility index (Phi) is 4.73. The molecule has 2 aromatic carbocycles. The fourth-order valence-electron chi connectivity index (χ4n) is 1.96. The lowest BCUT2D eigenvalue weighted by molar-refractivity contribution is -0.384. The zero-order valence-corrected chi connectivity index (χ0v) is 12.2. The standard InChI is InChI=1S/C16H15NO5/c1-11-7-12(2)9-15(8-11)22-16(18)10-21-14-5-3-13(4-6-14)17(19)20/h3-9H,10H2,1-2H3. The van der Waals surface area contributed by atoms with Gasteiger partial charge in [0.1, 0.15) is 11.5 Å². The molecule has 0 N–H and O–H groups in total. The molecule has 0 radical (unpaired) electrons. The van der Waals surface area contributed by atoms with Gasteiger partial charge in [0.05, 0.1) is 4.92 Å². The number of ether oxygens (including phenoxy) is 2. The van der Waals surface area contributed by atoms with Crippen molar-refractivity contribution in [1.82, 2.24) is 0 Å². The van der Waals surface area contributed by atoms with Crippen LogP contribution in [-0.4, -0.2) is 17.5 Å². The first kappa shape index (κ1) is 15.5. The number of non-ortho nitro benzene ring substituents is 1. The van der Waals surface area contributed by atoms with Gasteiger partial charge in [0.2, 0.25) is 0 Å². The Labute approximate surface area is 127 Å². The summed E-state index contributed by atoms with van der Waals surface area (Å²) < 4.78 is 10.4. The second kappa shape index (κ2) is 6.71. The van der Waals surface area contributed by atoms with E-state index in [4.69, 9.17) is 9.47 Å². The highest BCUT2D eigenvalue weighted by atomic mass is 16.6. The normalized spacial score (nSPS) is 10.1. The Morgan fingerprint density at radius 1 is 1.05 bits per heavy atom. The maximum Gasteiger partial charge on any atom is 0.349 e. The molecule has 2 rings (SSSR count). The summed E-state index contributed by atoms with van der Waals surface area (Å²) in [5, 5.41) is 10.5. The predicted octanol–water partition coefficient (Wildman–Crippen LogP) is 3.20. The van der Waals surface area contributed by atoms with E-state index in [0.717, 1.165) is 11.1 Å². The highest BCUT2D eigenvalue weighted by molar-refractivity contribution is 5.74. The molecule has 0 saturated heterocycles. The average Bonchev–Trinajstić information content (AvgIpc) is 2.44. The van der Waals surface area contributed by atoms with Crippen molar-refractivity contribution in [2.45, 2.75) is 13.8 Å². The van der Waals surface area contributed by atoms with Crippen LogP contribution in [0.2, 0.25) is 0 Å². The Balaban J connectivity index is 1.91. The van der Waals surface area contributed by atoms with Crippen LogP contribution in [0.1, 0.15) is 11.1 Å². The zero-order chi connectivity index (χ0) is 16.1. The van der Waals surface area contributed by atoms with Gasteiger partial charge in [-0.2, -0.15) is 0 Å². The third-order valence-electron chi connectivity index (χ3n) is 2.83. The summed E-state index contributed by atoms with van der Waals surface area (Å²) in [5.74, 6) is 0.293. The van der Waals surface area contributed by atoms with Crippen LogP contribution in [0.5, 0.6) is 11.5 Å². The van der Waals surface area contributed by atoms with Crippen molar-refractivity contribution in [2.24, 2.45) is 0 Å². The molecule has 0 aliphatic rings. The van der Waals surface area contributed by atoms with Gasteiger partial charge in [0.25, 0.3) is 5.69 Å². The summed E-state index contributed by atoms with van der Waals surface area (Å²) >= 11 is 0. The van der Waals surface area contributed by atoms with Gasteiger partial charge in [-0.3, -0.25) is 10.1 Å².